The van der Waals surface area contributed by atoms with Crippen molar-refractivity contribution in [3.05, 3.63) is 35.4 Å². The lowest BCUT2D eigenvalue weighted by atomic mass is 10.0. The lowest BCUT2D eigenvalue weighted by Crippen LogP contribution is -2.03. The van der Waals surface area contributed by atoms with E-state index in [9.17, 15) is 9.59 Å². The van der Waals surface area contributed by atoms with Crippen molar-refractivity contribution in [1.82, 2.24) is 0 Å². The van der Waals surface area contributed by atoms with E-state index >= 15 is 0 Å². The largest absolute Gasteiger partial charge is 0.466 e. The molecule has 0 fully saturated rings. The van der Waals surface area contributed by atoms with Gasteiger partial charge in [0.15, 0.2) is 5.78 Å². The number of hydrogen-bond acceptors (Lipinski definition) is 3. The molecule has 0 radical (unpaired) electrons. The summed E-state index contributed by atoms with van der Waals surface area (Å²) in [4.78, 5) is 23.1. The Hall–Kier alpha value is -1.64. The molecule has 0 aliphatic rings. The summed E-state index contributed by atoms with van der Waals surface area (Å²) in [6.07, 6.45) is 4.50. The van der Waals surface area contributed by atoms with Gasteiger partial charge in [0.2, 0.25) is 0 Å². The molecule has 110 valence electrons. The number of aryl methyl sites for hydroxylation is 1. The molecule has 0 aliphatic heterocycles. The third kappa shape index (κ3) is 6.00. The molecular weight excluding hydrogens is 252 g/mol. The fraction of sp³-hybridized carbons (Fsp3) is 0.529. The molecule has 3 heteroatoms. The molecule has 0 aromatic heterocycles. The minimum Gasteiger partial charge on any atom is -0.466 e. The first-order valence-electron chi connectivity index (χ1n) is 7.45. The van der Waals surface area contributed by atoms with Crippen LogP contribution in [-0.4, -0.2) is 18.4 Å². The van der Waals surface area contributed by atoms with Crippen LogP contribution in [0.1, 0.15) is 61.9 Å². The molecule has 0 N–H and O–H groups in total. The van der Waals surface area contributed by atoms with Gasteiger partial charge < -0.3 is 4.74 Å². The molecule has 0 aliphatic carbocycles. The molecule has 1 rings (SSSR count). The van der Waals surface area contributed by atoms with Crippen molar-refractivity contribution in [3.8, 4) is 0 Å². The molecule has 20 heavy (non-hydrogen) atoms. The van der Waals surface area contributed by atoms with Crippen molar-refractivity contribution in [1.29, 1.82) is 0 Å². The van der Waals surface area contributed by atoms with Crippen molar-refractivity contribution in [2.45, 2.75) is 52.4 Å². The van der Waals surface area contributed by atoms with Gasteiger partial charge in [0.25, 0.3) is 0 Å². The standard InChI is InChI=1S/C17H24O3/c1-3-14-10-12-15(13-11-14)16(18)8-6-5-7-9-17(19)20-4-2/h10-13H,3-9H2,1-2H3. The first kappa shape index (κ1) is 16.4. The number of carbonyl (C=O) groups excluding carboxylic acids is 2. The maximum absolute atomic E-state index is 12.0. The molecule has 0 heterocycles. The molecule has 3 nitrogen and oxygen atoms in total. The summed E-state index contributed by atoms with van der Waals surface area (Å²) in [7, 11) is 0. The summed E-state index contributed by atoms with van der Waals surface area (Å²) >= 11 is 0. The van der Waals surface area contributed by atoms with Gasteiger partial charge in [0, 0.05) is 18.4 Å². The Balaban J connectivity index is 2.21. The first-order valence-corrected chi connectivity index (χ1v) is 7.45. The average molecular weight is 276 g/mol. The van der Waals surface area contributed by atoms with E-state index in [2.05, 4.69) is 6.92 Å². The predicted octanol–water partition coefficient (Wildman–Crippen LogP) is 3.95. The monoisotopic (exact) mass is 276 g/mol. The van der Waals surface area contributed by atoms with Crippen LogP contribution in [0.5, 0.6) is 0 Å². The van der Waals surface area contributed by atoms with Gasteiger partial charge in [-0.1, -0.05) is 37.6 Å². The zero-order chi connectivity index (χ0) is 14.8. The molecule has 0 atom stereocenters. The van der Waals surface area contributed by atoms with E-state index in [4.69, 9.17) is 4.74 Å². The summed E-state index contributed by atoms with van der Waals surface area (Å²) in [5.74, 6) is 0.0396. The van der Waals surface area contributed by atoms with Crippen LogP contribution in [0.4, 0.5) is 0 Å². The summed E-state index contributed by atoms with van der Waals surface area (Å²) < 4.78 is 4.85. The quantitative estimate of drug-likeness (QED) is 0.390. The van der Waals surface area contributed by atoms with E-state index in [0.717, 1.165) is 31.2 Å². The highest BCUT2D eigenvalue weighted by Gasteiger charge is 2.06. The Morgan fingerprint density at radius 2 is 1.60 bits per heavy atom. The fourth-order valence-electron chi connectivity index (χ4n) is 2.04. The van der Waals surface area contributed by atoms with Gasteiger partial charge in [0.05, 0.1) is 6.61 Å². The number of hydrogen-bond donors (Lipinski definition) is 0. The number of unbranched alkanes of at least 4 members (excludes halogenated alkanes) is 2. The number of esters is 1. The SMILES string of the molecule is CCOC(=O)CCCCCC(=O)c1ccc(CC)cc1. The zero-order valence-electron chi connectivity index (χ0n) is 12.5. The Labute approximate surface area is 121 Å². The minimum absolute atomic E-state index is 0.144. The van der Waals surface area contributed by atoms with Gasteiger partial charge in [-0.3, -0.25) is 9.59 Å². The molecule has 0 saturated carbocycles. The van der Waals surface area contributed by atoms with Crippen LogP contribution in [0.15, 0.2) is 24.3 Å². The molecular formula is C17H24O3. The maximum Gasteiger partial charge on any atom is 0.305 e. The smallest absolute Gasteiger partial charge is 0.305 e. The molecule has 1 aromatic carbocycles. The van der Waals surface area contributed by atoms with Crippen molar-refractivity contribution in [2.75, 3.05) is 6.61 Å². The van der Waals surface area contributed by atoms with Gasteiger partial charge >= 0.3 is 5.97 Å². The Bertz CT molecular complexity index is 420. The topological polar surface area (TPSA) is 43.4 Å². The number of Topliss-reactive ketones (excluding diaryl/α,β-unsaturated/α-hetero) is 1. The molecule has 0 bridgehead atoms. The van der Waals surface area contributed by atoms with Crippen molar-refractivity contribution in [3.63, 3.8) is 0 Å². The molecule has 0 unspecified atom stereocenters. The van der Waals surface area contributed by atoms with Crippen LogP contribution in [0.2, 0.25) is 0 Å². The van der Waals surface area contributed by atoms with Crippen LogP contribution in [-0.2, 0) is 16.0 Å². The second-order valence-corrected chi connectivity index (χ2v) is 4.84. The van der Waals surface area contributed by atoms with Gasteiger partial charge in [-0.15, -0.1) is 0 Å². The Kier molecular flexibility index (Phi) is 7.63. The highest BCUT2D eigenvalue weighted by Crippen LogP contribution is 2.11. The van der Waals surface area contributed by atoms with Gasteiger partial charge in [0.1, 0.15) is 0 Å². The number of ether oxygens (including phenoxy) is 1. The lowest BCUT2D eigenvalue weighted by Gasteiger charge is -2.03. The summed E-state index contributed by atoms with van der Waals surface area (Å²) in [6, 6.07) is 7.82. The highest BCUT2D eigenvalue weighted by atomic mass is 16.5. The van der Waals surface area contributed by atoms with Crippen molar-refractivity contribution < 1.29 is 14.3 Å². The number of rotatable bonds is 9. The number of ketones is 1. The van der Waals surface area contributed by atoms with E-state index in [-0.39, 0.29) is 11.8 Å². The van der Waals surface area contributed by atoms with Gasteiger partial charge in [-0.25, -0.2) is 0 Å². The highest BCUT2D eigenvalue weighted by molar-refractivity contribution is 5.96. The third-order valence-corrected chi connectivity index (χ3v) is 3.27. The van der Waals surface area contributed by atoms with E-state index in [1.165, 1.54) is 5.56 Å². The molecule has 0 spiro atoms. The van der Waals surface area contributed by atoms with Gasteiger partial charge in [-0.2, -0.15) is 0 Å². The molecule has 0 amide bonds. The van der Waals surface area contributed by atoms with Crippen molar-refractivity contribution in [2.24, 2.45) is 0 Å². The lowest BCUT2D eigenvalue weighted by molar-refractivity contribution is -0.143. The van der Waals surface area contributed by atoms with E-state index in [0.29, 0.717) is 19.4 Å². The van der Waals surface area contributed by atoms with Crippen molar-refractivity contribution >= 4 is 11.8 Å². The summed E-state index contributed by atoms with van der Waals surface area (Å²) in [6.45, 7) is 4.34. The number of carbonyl (C=O) groups is 2. The zero-order valence-corrected chi connectivity index (χ0v) is 12.5. The van der Waals surface area contributed by atoms with Crippen LogP contribution >= 0.6 is 0 Å². The first-order chi connectivity index (χ1) is 9.67. The Morgan fingerprint density at radius 3 is 2.20 bits per heavy atom. The Morgan fingerprint density at radius 1 is 0.950 bits per heavy atom. The van der Waals surface area contributed by atoms with Gasteiger partial charge in [-0.05, 0) is 31.7 Å². The fourth-order valence-corrected chi connectivity index (χ4v) is 2.04. The molecule has 1 aromatic rings. The normalized spacial score (nSPS) is 10.3. The minimum atomic E-state index is -0.144. The summed E-state index contributed by atoms with van der Waals surface area (Å²) in [5.41, 5.74) is 2.03. The predicted molar refractivity (Wildman–Crippen MR) is 79.9 cm³/mol. The second kappa shape index (κ2) is 9.29. The van der Waals surface area contributed by atoms with Crippen LogP contribution in [0.3, 0.4) is 0 Å². The van der Waals surface area contributed by atoms with Crippen LogP contribution in [0, 0.1) is 0 Å². The van der Waals surface area contributed by atoms with E-state index in [1.54, 1.807) is 6.92 Å². The maximum atomic E-state index is 12.0. The average Bonchev–Trinajstić information content (AvgIpc) is 2.47. The van der Waals surface area contributed by atoms with E-state index in [1.807, 2.05) is 24.3 Å². The number of benzene rings is 1. The second-order valence-electron chi connectivity index (χ2n) is 4.84. The summed E-state index contributed by atoms with van der Waals surface area (Å²) in [5, 5.41) is 0. The van der Waals surface area contributed by atoms with Crippen LogP contribution in [0.25, 0.3) is 0 Å². The third-order valence-electron chi connectivity index (χ3n) is 3.27. The van der Waals surface area contributed by atoms with Crippen LogP contribution < -0.4 is 0 Å². The van der Waals surface area contributed by atoms with E-state index < -0.39 is 0 Å². The molecule has 0 saturated heterocycles.